The molecule has 0 atom stereocenters. The Morgan fingerprint density at radius 1 is 1.05 bits per heavy atom. The monoisotopic (exact) mass is 309 g/mol. The molecule has 1 aliphatic carbocycles. The lowest BCUT2D eigenvalue weighted by atomic mass is 9.95. The van der Waals surface area contributed by atoms with Gasteiger partial charge in [0.25, 0.3) is 0 Å². The number of aliphatic hydroxyl groups excluding tert-OH is 1. The molecule has 0 unspecified atom stereocenters. The van der Waals surface area contributed by atoms with Crippen molar-refractivity contribution in [1.29, 1.82) is 0 Å². The molecule has 1 aromatic carbocycles. The summed E-state index contributed by atoms with van der Waals surface area (Å²) in [6.07, 6.45) is 4.32. The highest BCUT2D eigenvalue weighted by Gasteiger charge is 2.19. The zero-order valence-corrected chi connectivity index (χ0v) is 12.1. The molecule has 1 aromatic rings. The van der Waals surface area contributed by atoms with E-state index < -0.39 is 7.75 Å². The van der Waals surface area contributed by atoms with Crippen molar-refractivity contribution in [3.8, 4) is 5.75 Å². The molecule has 0 bridgehead atoms. The second kappa shape index (κ2) is 6.26. The van der Waals surface area contributed by atoms with E-state index in [9.17, 15) is 14.8 Å². The topological polar surface area (TPSA) is 110 Å². The van der Waals surface area contributed by atoms with Gasteiger partial charge in [-0.05, 0) is 42.2 Å². The second-order valence-corrected chi connectivity index (χ2v) is 5.98. The van der Waals surface area contributed by atoms with Crippen LogP contribution in [0.3, 0.4) is 0 Å². The number of phenolic OH excluding ortho intramolecular Hbond substituents is 1. The van der Waals surface area contributed by atoms with E-state index in [0.717, 1.165) is 5.56 Å². The largest absolute Gasteiger partial charge is 0.512 e. The molecule has 0 fully saturated rings. The van der Waals surface area contributed by atoms with Crippen LogP contribution in [-0.4, -0.2) is 25.7 Å². The third-order valence-electron chi connectivity index (χ3n) is 3.07. The van der Waals surface area contributed by atoms with Gasteiger partial charge in [-0.1, -0.05) is 18.2 Å². The van der Waals surface area contributed by atoms with Crippen LogP contribution in [0.2, 0.25) is 0 Å². The molecule has 6 nitrogen and oxygen atoms in total. The van der Waals surface area contributed by atoms with Gasteiger partial charge in [-0.3, -0.25) is 0 Å². The van der Waals surface area contributed by atoms with Gasteiger partial charge in [0.15, 0.2) is 0 Å². The maximum Gasteiger partial charge on any atom is 0.448 e. The highest BCUT2D eigenvalue weighted by atomic mass is 31.2. The van der Waals surface area contributed by atoms with Crippen molar-refractivity contribution in [2.45, 2.75) is 19.3 Å². The lowest BCUT2D eigenvalue weighted by Gasteiger charge is -2.15. The minimum absolute atomic E-state index is 0.0204. The molecule has 7 heteroatoms. The van der Waals surface area contributed by atoms with Crippen molar-refractivity contribution < 1.29 is 24.6 Å². The smallest absolute Gasteiger partial charge is 0.448 e. The SMILES string of the molecule is O=P(O)(O)N=C1CC(O)=CC=C1CCc1ccc(O)cc1. The predicted octanol–water partition coefficient (Wildman–Crippen LogP) is 2.63. The van der Waals surface area contributed by atoms with Crippen molar-refractivity contribution in [2.24, 2.45) is 4.76 Å². The van der Waals surface area contributed by atoms with Crippen molar-refractivity contribution in [2.75, 3.05) is 0 Å². The molecule has 112 valence electrons. The maximum atomic E-state index is 11.0. The van der Waals surface area contributed by atoms with E-state index in [1.54, 1.807) is 30.3 Å². The minimum Gasteiger partial charge on any atom is -0.512 e. The first-order chi connectivity index (χ1) is 9.83. The van der Waals surface area contributed by atoms with E-state index in [-0.39, 0.29) is 23.6 Å². The summed E-state index contributed by atoms with van der Waals surface area (Å²) in [5, 5.41) is 18.7. The van der Waals surface area contributed by atoms with Crippen LogP contribution >= 0.6 is 7.75 Å². The van der Waals surface area contributed by atoms with E-state index in [4.69, 9.17) is 9.79 Å². The van der Waals surface area contributed by atoms with E-state index in [1.165, 1.54) is 6.08 Å². The van der Waals surface area contributed by atoms with E-state index in [0.29, 0.717) is 18.4 Å². The fourth-order valence-electron chi connectivity index (χ4n) is 2.06. The zero-order chi connectivity index (χ0) is 15.5. The lowest BCUT2D eigenvalue weighted by Crippen LogP contribution is -2.09. The van der Waals surface area contributed by atoms with Crippen LogP contribution in [0.4, 0.5) is 0 Å². The van der Waals surface area contributed by atoms with E-state index >= 15 is 0 Å². The Morgan fingerprint density at radius 2 is 1.71 bits per heavy atom. The molecule has 0 spiro atoms. The van der Waals surface area contributed by atoms with Crippen LogP contribution in [0.5, 0.6) is 5.75 Å². The van der Waals surface area contributed by atoms with E-state index in [1.807, 2.05) is 0 Å². The summed E-state index contributed by atoms with van der Waals surface area (Å²) in [4.78, 5) is 17.9. The van der Waals surface area contributed by atoms with Crippen LogP contribution in [0.15, 0.2) is 52.5 Å². The third kappa shape index (κ3) is 4.86. The van der Waals surface area contributed by atoms with Crippen molar-refractivity contribution >= 4 is 13.5 Å². The Morgan fingerprint density at radius 3 is 2.33 bits per heavy atom. The number of aromatic hydroxyl groups is 1. The summed E-state index contributed by atoms with van der Waals surface area (Å²) in [7, 11) is -4.52. The van der Waals surface area contributed by atoms with Gasteiger partial charge in [0, 0.05) is 6.42 Å². The molecule has 1 aliphatic rings. The Kier molecular flexibility index (Phi) is 4.63. The molecule has 0 aromatic heterocycles. The molecular formula is C14H16NO5P. The summed E-state index contributed by atoms with van der Waals surface area (Å²) in [5.41, 5.74) is 1.88. The summed E-state index contributed by atoms with van der Waals surface area (Å²) < 4.78 is 14.4. The number of hydrogen-bond acceptors (Lipinski definition) is 3. The maximum absolute atomic E-state index is 11.0. The molecule has 4 N–H and O–H groups in total. The van der Waals surface area contributed by atoms with Gasteiger partial charge < -0.3 is 20.0 Å². The number of aliphatic hydroxyl groups is 1. The summed E-state index contributed by atoms with van der Waals surface area (Å²) in [6, 6.07) is 6.74. The standard InChI is InChI=1S/C14H16NO5P/c16-12-6-2-10(3-7-12)1-4-11-5-8-13(17)9-14(11)15-21(18,19)20/h2-3,5-8,16-17H,1,4,9H2,(H2,18,19,20). The van der Waals surface area contributed by atoms with Crippen LogP contribution in [0, 0.1) is 0 Å². The Labute approximate surface area is 122 Å². The Hall–Kier alpha value is -1.88. The van der Waals surface area contributed by atoms with Crippen LogP contribution in [0.25, 0.3) is 0 Å². The predicted molar refractivity (Wildman–Crippen MR) is 79.3 cm³/mol. The first-order valence-electron chi connectivity index (χ1n) is 6.35. The molecule has 0 saturated carbocycles. The van der Waals surface area contributed by atoms with Gasteiger partial charge >= 0.3 is 7.75 Å². The molecule has 0 radical (unpaired) electrons. The summed E-state index contributed by atoms with van der Waals surface area (Å²) in [6.45, 7) is 0. The fraction of sp³-hybridized carbons (Fsp3) is 0.214. The first kappa shape index (κ1) is 15.5. The number of allylic oxidation sites excluding steroid dienone is 4. The Bertz CT molecular complexity index is 654. The van der Waals surface area contributed by atoms with Gasteiger partial charge in [0.1, 0.15) is 5.75 Å². The number of phenols is 1. The van der Waals surface area contributed by atoms with Crippen molar-refractivity contribution in [3.05, 3.63) is 53.3 Å². The first-order valence-corrected chi connectivity index (χ1v) is 7.91. The number of rotatable bonds is 4. The van der Waals surface area contributed by atoms with Gasteiger partial charge in [0.2, 0.25) is 0 Å². The zero-order valence-electron chi connectivity index (χ0n) is 11.2. The van der Waals surface area contributed by atoms with Crippen LogP contribution in [0.1, 0.15) is 18.4 Å². The fourth-order valence-corrected chi connectivity index (χ4v) is 2.58. The van der Waals surface area contributed by atoms with Gasteiger partial charge in [-0.15, -0.1) is 0 Å². The molecule has 0 amide bonds. The molecule has 0 aliphatic heterocycles. The Balaban J connectivity index is 2.14. The number of aryl methyl sites for hydroxylation is 1. The van der Waals surface area contributed by atoms with Crippen LogP contribution in [-0.2, 0) is 11.0 Å². The van der Waals surface area contributed by atoms with Gasteiger partial charge in [-0.2, -0.15) is 4.76 Å². The van der Waals surface area contributed by atoms with E-state index in [2.05, 4.69) is 4.76 Å². The normalized spacial score (nSPS) is 17.5. The minimum atomic E-state index is -4.52. The molecule has 0 saturated heterocycles. The second-order valence-electron chi connectivity index (χ2n) is 4.75. The highest BCUT2D eigenvalue weighted by molar-refractivity contribution is 7.50. The molecular weight excluding hydrogens is 293 g/mol. The van der Waals surface area contributed by atoms with Crippen molar-refractivity contribution in [1.82, 2.24) is 0 Å². The van der Waals surface area contributed by atoms with Crippen molar-refractivity contribution in [3.63, 3.8) is 0 Å². The highest BCUT2D eigenvalue weighted by Crippen LogP contribution is 2.38. The number of hydrogen-bond donors (Lipinski definition) is 4. The number of benzene rings is 1. The molecule has 21 heavy (non-hydrogen) atoms. The average molecular weight is 309 g/mol. The molecule has 0 heterocycles. The van der Waals surface area contributed by atoms with Gasteiger partial charge in [0.05, 0.1) is 11.5 Å². The average Bonchev–Trinajstić information content (AvgIpc) is 2.38. The van der Waals surface area contributed by atoms with Crippen LogP contribution < -0.4 is 0 Å². The summed E-state index contributed by atoms with van der Waals surface area (Å²) in [5.74, 6) is 0.211. The molecule has 2 rings (SSSR count). The quantitative estimate of drug-likeness (QED) is 0.639. The third-order valence-corrected chi connectivity index (χ3v) is 3.57. The number of nitrogens with zero attached hydrogens (tertiary/aromatic N) is 1. The summed E-state index contributed by atoms with van der Waals surface area (Å²) >= 11 is 0. The lowest BCUT2D eigenvalue weighted by molar-refractivity contribution is 0.374. The van der Waals surface area contributed by atoms with Gasteiger partial charge in [-0.25, -0.2) is 4.57 Å².